The lowest BCUT2D eigenvalue weighted by molar-refractivity contribution is -0.145. The second-order valence-electron chi connectivity index (χ2n) is 3.19. The van der Waals surface area contributed by atoms with Crippen molar-refractivity contribution in [3.8, 4) is 0 Å². The number of hydrogen-bond acceptors (Lipinski definition) is 3. The molecule has 1 aliphatic heterocycles. The summed E-state index contributed by atoms with van der Waals surface area (Å²) in [5.74, 6) is -1.45. The van der Waals surface area contributed by atoms with Crippen molar-refractivity contribution in [2.75, 3.05) is 13.1 Å². The first-order valence-corrected chi connectivity index (χ1v) is 4.30. The van der Waals surface area contributed by atoms with Crippen molar-refractivity contribution < 1.29 is 19.5 Å². The van der Waals surface area contributed by atoms with Crippen molar-refractivity contribution in [1.82, 2.24) is 10.2 Å². The van der Waals surface area contributed by atoms with Crippen LogP contribution in [0.5, 0.6) is 0 Å². The Morgan fingerprint density at radius 2 is 2.29 bits per heavy atom. The lowest BCUT2D eigenvalue weighted by Gasteiger charge is -2.30. The van der Waals surface area contributed by atoms with Crippen LogP contribution in [-0.2, 0) is 14.4 Å². The van der Waals surface area contributed by atoms with Gasteiger partial charge in [0.1, 0.15) is 6.04 Å². The van der Waals surface area contributed by atoms with Crippen molar-refractivity contribution in [2.45, 2.75) is 19.4 Å². The number of carbonyl (C=O) groups excluding carboxylic acids is 2. The second-order valence-corrected chi connectivity index (χ2v) is 3.19. The molecule has 6 heteroatoms. The van der Waals surface area contributed by atoms with Crippen LogP contribution in [0.1, 0.15) is 13.3 Å². The van der Waals surface area contributed by atoms with Gasteiger partial charge < -0.3 is 15.3 Å². The fraction of sp³-hybridized carbons (Fsp3) is 0.625. The van der Waals surface area contributed by atoms with E-state index >= 15 is 0 Å². The highest BCUT2D eigenvalue weighted by Crippen LogP contribution is 2.02. The molecular formula is C8H12N2O4. The summed E-state index contributed by atoms with van der Waals surface area (Å²) in [5, 5.41) is 10.9. The molecule has 1 fully saturated rings. The molecule has 0 aromatic rings. The zero-order valence-corrected chi connectivity index (χ0v) is 7.82. The number of carbonyl (C=O) groups is 3. The Morgan fingerprint density at radius 1 is 1.64 bits per heavy atom. The van der Waals surface area contributed by atoms with E-state index in [4.69, 9.17) is 5.11 Å². The quantitative estimate of drug-likeness (QED) is 0.599. The highest BCUT2D eigenvalue weighted by Gasteiger charge is 2.29. The number of aliphatic carboxylic acids is 1. The number of rotatable bonds is 3. The summed E-state index contributed by atoms with van der Waals surface area (Å²) in [6, 6.07) is -0.551. The molecule has 0 bridgehead atoms. The average Bonchev–Trinajstić information content (AvgIpc) is 2.08. The average molecular weight is 200 g/mol. The molecule has 1 aliphatic rings. The van der Waals surface area contributed by atoms with Crippen molar-refractivity contribution in [3.05, 3.63) is 0 Å². The zero-order valence-electron chi connectivity index (χ0n) is 7.82. The molecule has 14 heavy (non-hydrogen) atoms. The molecule has 0 aromatic heterocycles. The molecule has 1 atom stereocenters. The molecule has 1 saturated heterocycles. The van der Waals surface area contributed by atoms with Gasteiger partial charge in [0.05, 0.1) is 13.0 Å². The van der Waals surface area contributed by atoms with Gasteiger partial charge in [0.25, 0.3) is 0 Å². The maximum absolute atomic E-state index is 11.4. The van der Waals surface area contributed by atoms with Gasteiger partial charge in [-0.25, -0.2) is 0 Å². The van der Waals surface area contributed by atoms with Crippen LogP contribution < -0.4 is 5.32 Å². The molecule has 1 unspecified atom stereocenters. The molecule has 0 radical (unpaired) electrons. The molecule has 0 saturated carbocycles. The third-order valence-corrected chi connectivity index (χ3v) is 1.99. The summed E-state index contributed by atoms with van der Waals surface area (Å²) in [5.41, 5.74) is 0. The first-order valence-electron chi connectivity index (χ1n) is 4.30. The molecule has 1 rings (SSSR count). The van der Waals surface area contributed by atoms with Gasteiger partial charge in [-0.2, -0.15) is 0 Å². The van der Waals surface area contributed by atoms with Gasteiger partial charge in [-0.05, 0) is 6.92 Å². The molecule has 1 heterocycles. The Bertz CT molecular complexity index is 277. The Hall–Kier alpha value is -1.59. The Balaban J connectivity index is 2.53. The normalized spacial score (nSPS) is 22.1. The summed E-state index contributed by atoms with van der Waals surface area (Å²) in [6.45, 7) is 1.62. The summed E-state index contributed by atoms with van der Waals surface area (Å²) in [4.78, 5) is 34.0. The topological polar surface area (TPSA) is 86.7 Å². The Kier molecular flexibility index (Phi) is 3.06. The third-order valence-electron chi connectivity index (χ3n) is 1.99. The molecule has 0 aliphatic carbocycles. The highest BCUT2D eigenvalue weighted by molar-refractivity contribution is 5.94. The monoisotopic (exact) mass is 200 g/mol. The third kappa shape index (κ3) is 2.45. The Labute approximate surface area is 80.9 Å². The van der Waals surface area contributed by atoms with Gasteiger partial charge in [-0.15, -0.1) is 0 Å². The fourth-order valence-electron chi connectivity index (χ4n) is 1.29. The van der Waals surface area contributed by atoms with E-state index in [-0.39, 0.29) is 31.3 Å². The molecular weight excluding hydrogens is 188 g/mol. The summed E-state index contributed by atoms with van der Waals surface area (Å²) in [6.07, 6.45) is -0.133. The molecule has 2 amide bonds. The maximum Gasteiger partial charge on any atom is 0.305 e. The number of carboxylic acids is 1. The van der Waals surface area contributed by atoms with Crippen LogP contribution in [0.2, 0.25) is 0 Å². The first kappa shape index (κ1) is 10.5. The van der Waals surface area contributed by atoms with Crippen molar-refractivity contribution in [1.29, 1.82) is 0 Å². The van der Waals surface area contributed by atoms with Crippen LogP contribution in [0.25, 0.3) is 0 Å². The number of piperazine rings is 1. The van der Waals surface area contributed by atoms with E-state index in [2.05, 4.69) is 5.32 Å². The van der Waals surface area contributed by atoms with Crippen LogP contribution in [0.3, 0.4) is 0 Å². The summed E-state index contributed by atoms with van der Waals surface area (Å²) < 4.78 is 0. The van der Waals surface area contributed by atoms with Gasteiger partial charge in [0, 0.05) is 6.54 Å². The first-order chi connectivity index (χ1) is 6.50. The van der Waals surface area contributed by atoms with Gasteiger partial charge >= 0.3 is 5.97 Å². The largest absolute Gasteiger partial charge is 0.481 e. The molecule has 0 aromatic carbocycles. The van der Waals surface area contributed by atoms with E-state index in [9.17, 15) is 14.4 Å². The van der Waals surface area contributed by atoms with E-state index in [0.29, 0.717) is 0 Å². The number of carboxylic acid groups (broad SMARTS) is 1. The lowest BCUT2D eigenvalue weighted by Crippen LogP contribution is -2.57. The minimum atomic E-state index is -0.976. The number of hydrogen-bond donors (Lipinski definition) is 2. The highest BCUT2D eigenvalue weighted by atomic mass is 16.4. The van der Waals surface area contributed by atoms with E-state index < -0.39 is 12.0 Å². The van der Waals surface area contributed by atoms with Crippen LogP contribution >= 0.6 is 0 Å². The lowest BCUT2D eigenvalue weighted by atomic mass is 10.2. The van der Waals surface area contributed by atoms with Crippen molar-refractivity contribution >= 4 is 17.8 Å². The molecule has 0 spiro atoms. The summed E-state index contributed by atoms with van der Waals surface area (Å²) in [7, 11) is 0. The van der Waals surface area contributed by atoms with Crippen molar-refractivity contribution in [3.63, 3.8) is 0 Å². The van der Waals surface area contributed by atoms with Gasteiger partial charge in [-0.1, -0.05) is 0 Å². The molecule has 2 N–H and O–H groups in total. The van der Waals surface area contributed by atoms with E-state index in [0.717, 1.165) is 0 Å². The minimum Gasteiger partial charge on any atom is -0.481 e. The SMILES string of the molecule is CC1NC(=O)CN(CCC(=O)O)C1=O. The van der Waals surface area contributed by atoms with Crippen molar-refractivity contribution in [2.24, 2.45) is 0 Å². The predicted octanol–water partition coefficient (Wildman–Crippen LogP) is -1.19. The molecule has 78 valence electrons. The summed E-state index contributed by atoms with van der Waals surface area (Å²) >= 11 is 0. The maximum atomic E-state index is 11.4. The van der Waals surface area contributed by atoms with E-state index in [1.165, 1.54) is 4.90 Å². The minimum absolute atomic E-state index is 0.0452. The van der Waals surface area contributed by atoms with E-state index in [1.807, 2.05) is 0 Å². The van der Waals surface area contributed by atoms with E-state index in [1.54, 1.807) is 6.92 Å². The van der Waals surface area contributed by atoms with Gasteiger partial charge in [0.15, 0.2) is 0 Å². The predicted molar refractivity (Wildman–Crippen MR) is 46.4 cm³/mol. The zero-order chi connectivity index (χ0) is 10.7. The number of amides is 2. The number of nitrogens with zero attached hydrogens (tertiary/aromatic N) is 1. The Morgan fingerprint density at radius 3 is 2.86 bits per heavy atom. The molecule has 6 nitrogen and oxygen atoms in total. The fourth-order valence-corrected chi connectivity index (χ4v) is 1.29. The number of nitrogens with one attached hydrogen (secondary N) is 1. The smallest absolute Gasteiger partial charge is 0.305 e. The standard InChI is InChI=1S/C8H12N2O4/c1-5-8(14)10(3-2-7(12)13)4-6(11)9-5/h5H,2-4H2,1H3,(H,9,11)(H,12,13). The second kappa shape index (κ2) is 4.08. The van der Waals surface area contributed by atoms with Crippen LogP contribution in [0.4, 0.5) is 0 Å². The van der Waals surface area contributed by atoms with Crippen LogP contribution in [0.15, 0.2) is 0 Å². The van der Waals surface area contributed by atoms with Gasteiger partial charge in [-0.3, -0.25) is 14.4 Å². The van der Waals surface area contributed by atoms with Crippen LogP contribution in [0, 0.1) is 0 Å². The van der Waals surface area contributed by atoms with Gasteiger partial charge in [0.2, 0.25) is 11.8 Å². The van der Waals surface area contributed by atoms with Crippen LogP contribution in [-0.4, -0.2) is 46.9 Å².